The van der Waals surface area contributed by atoms with Crippen molar-refractivity contribution >= 4 is 46.2 Å². The average Bonchev–Trinajstić information content (AvgIpc) is 3.62. The number of hydrogen-bond donors (Lipinski definition) is 3. The van der Waals surface area contributed by atoms with Crippen LogP contribution in [0.5, 0.6) is 5.75 Å². The molecule has 0 radical (unpaired) electrons. The van der Waals surface area contributed by atoms with E-state index in [1.807, 2.05) is 13.8 Å². The highest BCUT2D eigenvalue weighted by Crippen LogP contribution is 2.47. The fraction of sp³-hybridized carbons (Fsp3) is 0.600. The van der Waals surface area contributed by atoms with Crippen molar-refractivity contribution in [2.45, 2.75) is 82.8 Å². The lowest BCUT2D eigenvalue weighted by molar-refractivity contribution is -0.146. The number of esters is 1. The summed E-state index contributed by atoms with van der Waals surface area (Å²) in [4.78, 5) is 58.0. The monoisotopic (exact) mass is 586 g/mol. The number of aromatic nitrogens is 1. The van der Waals surface area contributed by atoms with E-state index in [1.54, 1.807) is 30.2 Å². The lowest BCUT2D eigenvalue weighted by atomic mass is 9.72. The largest absolute Gasteiger partial charge is 0.496 e. The molecule has 3 fully saturated rings. The molecule has 5 rings (SSSR count). The zero-order valence-corrected chi connectivity index (χ0v) is 24.9. The molecule has 3 heterocycles. The summed E-state index contributed by atoms with van der Waals surface area (Å²) in [6, 6.07) is 3.38. The highest BCUT2D eigenvalue weighted by atomic mass is 35.5. The molecule has 0 unspecified atom stereocenters. The van der Waals surface area contributed by atoms with Crippen molar-refractivity contribution in [1.82, 2.24) is 20.5 Å². The van der Waals surface area contributed by atoms with E-state index in [-0.39, 0.29) is 29.2 Å². The Bertz CT molecular complexity index is 1360. The van der Waals surface area contributed by atoms with Gasteiger partial charge >= 0.3 is 5.97 Å². The highest BCUT2D eigenvalue weighted by Gasteiger charge is 2.50. The van der Waals surface area contributed by atoms with Crippen molar-refractivity contribution < 1.29 is 28.7 Å². The maximum Gasteiger partial charge on any atom is 0.328 e. The van der Waals surface area contributed by atoms with Gasteiger partial charge in [-0.15, -0.1) is 0 Å². The summed E-state index contributed by atoms with van der Waals surface area (Å²) in [6.07, 6.45) is 6.28. The Labute approximate surface area is 244 Å². The first-order chi connectivity index (χ1) is 19.5. The van der Waals surface area contributed by atoms with Gasteiger partial charge in [0.25, 0.3) is 5.91 Å². The molecular formula is C30H39ClN4O6. The number of ether oxygens (including phenoxy) is 2. The number of carbonyl (C=O) groups is 4. The van der Waals surface area contributed by atoms with Crippen LogP contribution in [0.25, 0.3) is 10.9 Å². The number of carbonyl (C=O) groups excluding carboxylic acids is 4. The van der Waals surface area contributed by atoms with Gasteiger partial charge in [0.05, 0.1) is 24.8 Å². The number of likely N-dealkylation sites (tertiary alicyclic amines) is 1. The summed E-state index contributed by atoms with van der Waals surface area (Å²) < 4.78 is 10.5. The van der Waals surface area contributed by atoms with Gasteiger partial charge in [0.1, 0.15) is 23.5 Å². The van der Waals surface area contributed by atoms with Gasteiger partial charge in [0.2, 0.25) is 11.8 Å². The molecule has 1 aromatic carbocycles. The van der Waals surface area contributed by atoms with Crippen LogP contribution in [0.15, 0.2) is 18.2 Å². The van der Waals surface area contributed by atoms with Crippen molar-refractivity contribution in [3.63, 3.8) is 0 Å². The number of nitrogens with one attached hydrogen (secondary N) is 3. The van der Waals surface area contributed by atoms with Crippen LogP contribution in [0.4, 0.5) is 0 Å². The minimum atomic E-state index is -1.01. The first-order valence-corrected chi connectivity index (χ1v) is 14.7. The lowest BCUT2D eigenvalue weighted by Gasteiger charge is -2.32. The van der Waals surface area contributed by atoms with E-state index in [2.05, 4.69) is 15.6 Å². The lowest BCUT2D eigenvalue weighted by Crippen LogP contribution is -2.51. The molecule has 2 aliphatic heterocycles. The zero-order valence-electron chi connectivity index (χ0n) is 24.1. The van der Waals surface area contributed by atoms with Gasteiger partial charge in [-0.1, -0.05) is 30.9 Å². The van der Waals surface area contributed by atoms with Crippen molar-refractivity contribution in [3.05, 3.63) is 28.9 Å². The number of halogens is 1. The number of aromatic amines is 1. The summed E-state index contributed by atoms with van der Waals surface area (Å²) in [7, 11) is 2.82. The molecule has 10 nitrogen and oxygen atoms in total. The van der Waals surface area contributed by atoms with Crippen LogP contribution in [0.2, 0.25) is 5.02 Å². The third-order valence-corrected chi connectivity index (χ3v) is 9.37. The fourth-order valence-corrected chi connectivity index (χ4v) is 7.28. The van der Waals surface area contributed by atoms with Gasteiger partial charge in [-0.2, -0.15) is 0 Å². The first-order valence-electron chi connectivity index (χ1n) is 14.3. The van der Waals surface area contributed by atoms with Crippen molar-refractivity contribution in [1.29, 1.82) is 0 Å². The molecule has 3 N–H and O–H groups in total. The SMILES string of the molecule is COC(=O)[C@H](C[C@@H]1CC(C)(C)NC1=O)NC(=O)[C@@H]1CC2(CCCCC2)CN1C(=O)c1cc2c(OC)ccc(Cl)c2[nH]1. The fourth-order valence-electron chi connectivity index (χ4n) is 7.07. The van der Waals surface area contributed by atoms with Crippen molar-refractivity contribution in [2.75, 3.05) is 20.8 Å². The van der Waals surface area contributed by atoms with Crippen LogP contribution in [-0.4, -0.2) is 72.0 Å². The first kappa shape index (κ1) is 29.2. The maximum atomic E-state index is 14.0. The number of H-pyrrole nitrogens is 1. The quantitative estimate of drug-likeness (QED) is 0.421. The molecule has 222 valence electrons. The number of amides is 3. The van der Waals surface area contributed by atoms with Crippen molar-refractivity contribution in [2.24, 2.45) is 11.3 Å². The molecule has 2 saturated heterocycles. The standard InChI is InChI=1S/C30H39ClN4O6/c1-29(2)14-17(25(36)34-29)12-21(28(39)41-4)33-26(37)22-15-30(10-6-5-7-11-30)16-35(22)27(38)20-13-18-23(40-3)9-8-19(31)24(18)32-20/h8-9,13,17,21-22,32H,5-7,10-12,14-16H2,1-4H3,(H,33,37)(H,34,36)/t17-,21+,22+/m1/s1. The molecule has 3 aliphatic rings. The third-order valence-electron chi connectivity index (χ3n) is 9.05. The van der Waals surface area contributed by atoms with Crippen LogP contribution >= 0.6 is 11.6 Å². The number of hydrogen-bond acceptors (Lipinski definition) is 6. The topological polar surface area (TPSA) is 130 Å². The molecule has 1 spiro atoms. The second-order valence-corrected chi connectivity index (χ2v) is 12.9. The maximum absolute atomic E-state index is 14.0. The van der Waals surface area contributed by atoms with Gasteiger partial charge in [-0.25, -0.2) is 4.79 Å². The predicted octanol–water partition coefficient (Wildman–Crippen LogP) is 3.96. The number of benzene rings is 1. The van der Waals surface area contributed by atoms with Crippen LogP contribution in [0.1, 0.15) is 75.7 Å². The van der Waals surface area contributed by atoms with Gasteiger partial charge in [-0.3, -0.25) is 14.4 Å². The Morgan fingerprint density at radius 1 is 1.15 bits per heavy atom. The highest BCUT2D eigenvalue weighted by molar-refractivity contribution is 6.35. The molecule has 3 amide bonds. The van der Waals surface area contributed by atoms with E-state index in [9.17, 15) is 19.2 Å². The number of fused-ring (bicyclic) bond motifs is 1. The number of methoxy groups -OCH3 is 2. The van der Waals surface area contributed by atoms with E-state index in [0.717, 1.165) is 32.1 Å². The van der Waals surface area contributed by atoms with Crippen LogP contribution in [-0.2, 0) is 19.1 Å². The smallest absolute Gasteiger partial charge is 0.328 e. The molecular weight excluding hydrogens is 548 g/mol. The van der Waals surface area contributed by atoms with Crippen LogP contribution in [0, 0.1) is 11.3 Å². The minimum absolute atomic E-state index is 0.125. The molecule has 41 heavy (non-hydrogen) atoms. The Kier molecular flexibility index (Phi) is 7.98. The molecule has 1 saturated carbocycles. The molecule has 1 aliphatic carbocycles. The van der Waals surface area contributed by atoms with E-state index < -0.39 is 29.9 Å². The molecule has 2 aromatic rings. The second kappa shape index (κ2) is 11.2. The average molecular weight is 587 g/mol. The van der Waals surface area contributed by atoms with Gasteiger partial charge < -0.3 is 30.0 Å². The summed E-state index contributed by atoms with van der Waals surface area (Å²) >= 11 is 6.41. The van der Waals surface area contributed by atoms with E-state index in [0.29, 0.717) is 46.8 Å². The minimum Gasteiger partial charge on any atom is -0.496 e. The zero-order chi connectivity index (χ0) is 29.5. The molecule has 0 bridgehead atoms. The Hall–Kier alpha value is -3.27. The normalized spacial score (nSPS) is 23.8. The third kappa shape index (κ3) is 5.76. The summed E-state index contributed by atoms with van der Waals surface area (Å²) in [5.74, 6) is -1.35. The molecule has 11 heteroatoms. The molecule has 1 aromatic heterocycles. The van der Waals surface area contributed by atoms with E-state index in [1.165, 1.54) is 7.11 Å². The molecule has 3 atom stereocenters. The van der Waals surface area contributed by atoms with Gasteiger partial charge in [0.15, 0.2) is 0 Å². The van der Waals surface area contributed by atoms with Crippen LogP contribution in [0.3, 0.4) is 0 Å². The Balaban J connectivity index is 1.42. The number of nitrogens with zero attached hydrogens (tertiary/aromatic N) is 1. The predicted molar refractivity (Wildman–Crippen MR) is 154 cm³/mol. The summed E-state index contributed by atoms with van der Waals surface area (Å²) in [5.41, 5.74) is 0.351. The van der Waals surface area contributed by atoms with E-state index >= 15 is 0 Å². The summed E-state index contributed by atoms with van der Waals surface area (Å²) in [5, 5.41) is 6.93. The Morgan fingerprint density at radius 3 is 2.51 bits per heavy atom. The summed E-state index contributed by atoms with van der Waals surface area (Å²) in [6.45, 7) is 4.30. The van der Waals surface area contributed by atoms with Crippen molar-refractivity contribution in [3.8, 4) is 5.75 Å². The number of rotatable bonds is 7. The van der Waals surface area contributed by atoms with Gasteiger partial charge in [-0.05, 0) is 69.6 Å². The Morgan fingerprint density at radius 2 is 1.88 bits per heavy atom. The van der Waals surface area contributed by atoms with Crippen LogP contribution < -0.4 is 15.4 Å². The van der Waals surface area contributed by atoms with Gasteiger partial charge in [0, 0.05) is 23.4 Å². The second-order valence-electron chi connectivity index (χ2n) is 12.5. The van der Waals surface area contributed by atoms with E-state index in [4.69, 9.17) is 21.1 Å².